The quantitative estimate of drug-likeness (QED) is 0.705. The van der Waals surface area contributed by atoms with Crippen LogP contribution in [0.15, 0.2) is 0 Å². The van der Waals surface area contributed by atoms with Crippen molar-refractivity contribution in [2.45, 2.75) is 66.7 Å². The van der Waals surface area contributed by atoms with Crippen LogP contribution in [-0.4, -0.2) is 13.1 Å². The maximum absolute atomic E-state index is 3.37. The van der Waals surface area contributed by atoms with Gasteiger partial charge in [0.05, 0.1) is 0 Å². The van der Waals surface area contributed by atoms with Gasteiger partial charge in [-0.3, -0.25) is 0 Å². The average molecular weight is 201 g/mol. The Morgan fingerprint density at radius 2 is 1.43 bits per heavy atom. The summed E-state index contributed by atoms with van der Waals surface area (Å²) in [4.78, 5) is 0. The van der Waals surface area contributed by atoms with Gasteiger partial charge in [-0.25, -0.2) is 0 Å². The second kappa shape index (κ2) is 15.4. The zero-order valence-electron chi connectivity index (χ0n) is 11.0. The van der Waals surface area contributed by atoms with Gasteiger partial charge in [0.1, 0.15) is 0 Å². The van der Waals surface area contributed by atoms with Crippen LogP contribution in [0.5, 0.6) is 0 Å². The predicted octanol–water partition coefficient (Wildman–Crippen LogP) is 4.23. The minimum Gasteiger partial charge on any atom is -0.317 e. The molecule has 0 bridgehead atoms. The van der Waals surface area contributed by atoms with E-state index in [0.717, 1.165) is 5.92 Å². The van der Waals surface area contributed by atoms with Crippen LogP contribution in [0.2, 0.25) is 0 Å². The number of hydrogen-bond acceptors (Lipinski definition) is 1. The molecule has 0 aromatic carbocycles. The molecule has 1 aliphatic heterocycles. The molecule has 0 spiro atoms. The monoisotopic (exact) mass is 201 g/mol. The molecule has 0 amide bonds. The van der Waals surface area contributed by atoms with E-state index in [2.05, 4.69) is 26.1 Å². The molecule has 1 N–H and O–H groups in total. The van der Waals surface area contributed by atoms with Crippen molar-refractivity contribution in [3.63, 3.8) is 0 Å². The fourth-order valence-corrected chi connectivity index (χ4v) is 1.58. The zero-order valence-corrected chi connectivity index (χ0v) is 11.0. The highest BCUT2D eigenvalue weighted by molar-refractivity contribution is 4.67. The van der Waals surface area contributed by atoms with E-state index < -0.39 is 0 Å². The highest BCUT2D eigenvalue weighted by Crippen LogP contribution is 2.16. The van der Waals surface area contributed by atoms with Crippen LogP contribution in [0.3, 0.4) is 0 Å². The molecule has 0 unspecified atom stereocenters. The standard InChI is InChI=1S/C8H17N.C3H8.C2H6/c1-2-3-8-4-6-9-7-5-8;1-3-2;1-2/h8-9H,2-7H2,1H3;3H2,1-2H3;1-2H3. The third-order valence-electron chi connectivity index (χ3n) is 2.16. The van der Waals surface area contributed by atoms with Crippen molar-refractivity contribution in [2.75, 3.05) is 13.1 Å². The Bertz CT molecular complexity index is 72.5. The van der Waals surface area contributed by atoms with Gasteiger partial charge in [0.2, 0.25) is 0 Å². The van der Waals surface area contributed by atoms with Crippen molar-refractivity contribution in [3.8, 4) is 0 Å². The lowest BCUT2D eigenvalue weighted by atomic mass is 9.94. The van der Waals surface area contributed by atoms with E-state index in [1.54, 1.807) is 0 Å². The number of rotatable bonds is 2. The topological polar surface area (TPSA) is 12.0 Å². The Morgan fingerprint density at radius 1 is 1.00 bits per heavy atom. The first-order chi connectivity index (χ1) is 6.85. The van der Waals surface area contributed by atoms with E-state index in [1.165, 1.54) is 45.2 Å². The molecule has 1 saturated heterocycles. The van der Waals surface area contributed by atoms with Gasteiger partial charge in [-0.05, 0) is 31.8 Å². The Morgan fingerprint density at radius 3 is 1.79 bits per heavy atom. The van der Waals surface area contributed by atoms with Crippen molar-refractivity contribution in [2.24, 2.45) is 5.92 Å². The molecule has 0 saturated carbocycles. The highest BCUT2D eigenvalue weighted by Gasteiger charge is 2.10. The third kappa shape index (κ3) is 12.0. The summed E-state index contributed by atoms with van der Waals surface area (Å²) in [6.07, 6.45) is 6.88. The fraction of sp³-hybridized carbons (Fsp3) is 1.00. The molecule has 0 aromatic heterocycles. The van der Waals surface area contributed by atoms with Crippen molar-refractivity contribution in [3.05, 3.63) is 0 Å². The largest absolute Gasteiger partial charge is 0.317 e. The SMILES string of the molecule is CC.CCC.CCCC1CCNCC1. The first-order valence-corrected chi connectivity index (χ1v) is 6.55. The summed E-state index contributed by atoms with van der Waals surface area (Å²) in [5.41, 5.74) is 0. The zero-order chi connectivity index (χ0) is 11.2. The Hall–Kier alpha value is -0.0400. The van der Waals surface area contributed by atoms with Crippen LogP contribution in [0.1, 0.15) is 66.7 Å². The van der Waals surface area contributed by atoms with E-state index in [0.29, 0.717) is 0 Å². The van der Waals surface area contributed by atoms with Gasteiger partial charge < -0.3 is 5.32 Å². The summed E-state index contributed by atoms with van der Waals surface area (Å²) < 4.78 is 0. The van der Waals surface area contributed by atoms with Gasteiger partial charge in [-0.15, -0.1) is 0 Å². The third-order valence-corrected chi connectivity index (χ3v) is 2.16. The summed E-state index contributed by atoms with van der Waals surface area (Å²) >= 11 is 0. The van der Waals surface area contributed by atoms with Gasteiger partial charge in [-0.1, -0.05) is 53.9 Å². The number of piperidine rings is 1. The molecule has 1 fully saturated rings. The van der Waals surface area contributed by atoms with Gasteiger partial charge in [0.25, 0.3) is 0 Å². The summed E-state index contributed by atoms with van der Waals surface area (Å²) in [6, 6.07) is 0. The van der Waals surface area contributed by atoms with Crippen molar-refractivity contribution in [1.29, 1.82) is 0 Å². The van der Waals surface area contributed by atoms with Crippen molar-refractivity contribution < 1.29 is 0 Å². The van der Waals surface area contributed by atoms with Crippen LogP contribution in [0.25, 0.3) is 0 Å². The minimum absolute atomic E-state index is 1.04. The highest BCUT2D eigenvalue weighted by atomic mass is 14.9. The van der Waals surface area contributed by atoms with Crippen molar-refractivity contribution >= 4 is 0 Å². The molecular formula is C13H31N. The Labute approximate surface area is 91.7 Å². The molecule has 88 valence electrons. The van der Waals surface area contributed by atoms with E-state index in [4.69, 9.17) is 0 Å². The lowest BCUT2D eigenvalue weighted by Gasteiger charge is -2.21. The van der Waals surface area contributed by atoms with Gasteiger partial charge in [0.15, 0.2) is 0 Å². The lowest BCUT2D eigenvalue weighted by Crippen LogP contribution is -2.27. The molecule has 1 heteroatoms. The molecule has 1 heterocycles. The van der Waals surface area contributed by atoms with E-state index >= 15 is 0 Å². The van der Waals surface area contributed by atoms with Crippen molar-refractivity contribution in [1.82, 2.24) is 5.32 Å². The Kier molecular flexibility index (Phi) is 18.1. The summed E-state index contributed by atoms with van der Waals surface area (Å²) in [7, 11) is 0. The van der Waals surface area contributed by atoms with E-state index in [-0.39, 0.29) is 0 Å². The van der Waals surface area contributed by atoms with Crippen LogP contribution in [0.4, 0.5) is 0 Å². The lowest BCUT2D eigenvalue weighted by molar-refractivity contribution is 0.351. The average Bonchev–Trinajstić information content (AvgIpc) is 2.24. The van der Waals surface area contributed by atoms with Gasteiger partial charge >= 0.3 is 0 Å². The van der Waals surface area contributed by atoms with E-state index in [9.17, 15) is 0 Å². The minimum atomic E-state index is 1.04. The summed E-state index contributed by atoms with van der Waals surface area (Å²) in [6.45, 7) is 13.0. The molecule has 0 radical (unpaired) electrons. The van der Waals surface area contributed by atoms with E-state index in [1.807, 2.05) is 13.8 Å². The molecule has 14 heavy (non-hydrogen) atoms. The van der Waals surface area contributed by atoms with Crippen LogP contribution >= 0.6 is 0 Å². The normalized spacial score (nSPS) is 16.1. The summed E-state index contributed by atoms with van der Waals surface area (Å²) in [5, 5.41) is 3.37. The molecule has 1 nitrogen and oxygen atoms in total. The fourth-order valence-electron chi connectivity index (χ4n) is 1.58. The van der Waals surface area contributed by atoms with Crippen LogP contribution < -0.4 is 5.32 Å². The smallest absolute Gasteiger partial charge is 0.00463 e. The maximum atomic E-state index is 3.37. The molecular weight excluding hydrogens is 170 g/mol. The number of nitrogens with one attached hydrogen (secondary N) is 1. The molecule has 0 aromatic rings. The first kappa shape index (κ1) is 16.4. The Balaban J connectivity index is 0. The molecule has 1 aliphatic rings. The predicted molar refractivity (Wildman–Crippen MR) is 67.8 cm³/mol. The second-order valence-electron chi connectivity index (χ2n) is 3.69. The molecule has 0 atom stereocenters. The summed E-state index contributed by atoms with van der Waals surface area (Å²) in [5.74, 6) is 1.04. The maximum Gasteiger partial charge on any atom is -0.00463 e. The molecule has 0 aliphatic carbocycles. The first-order valence-electron chi connectivity index (χ1n) is 6.55. The second-order valence-corrected chi connectivity index (χ2v) is 3.69. The van der Waals surface area contributed by atoms with Crippen LogP contribution in [0, 0.1) is 5.92 Å². The van der Waals surface area contributed by atoms with Gasteiger partial charge in [0, 0.05) is 0 Å². The van der Waals surface area contributed by atoms with Crippen LogP contribution in [-0.2, 0) is 0 Å². The number of hydrogen-bond donors (Lipinski definition) is 1. The van der Waals surface area contributed by atoms with Gasteiger partial charge in [-0.2, -0.15) is 0 Å². The molecule has 1 rings (SSSR count).